The van der Waals surface area contributed by atoms with Crippen molar-refractivity contribution < 1.29 is 14.7 Å². The number of carbonyl (C=O) groups excluding carboxylic acids is 1. The van der Waals surface area contributed by atoms with Crippen molar-refractivity contribution in [2.24, 2.45) is 5.92 Å². The van der Waals surface area contributed by atoms with Crippen molar-refractivity contribution in [2.45, 2.75) is 13.3 Å². The van der Waals surface area contributed by atoms with Crippen molar-refractivity contribution in [1.82, 2.24) is 10.2 Å². The van der Waals surface area contributed by atoms with Gasteiger partial charge in [0, 0.05) is 19.6 Å². The number of hydrogen-bond donors (Lipinski definition) is 2. The molecular weight excluding hydrogens is 184 g/mol. The Hall–Kier alpha value is -1.10. The topological polar surface area (TPSA) is 69.6 Å². The van der Waals surface area contributed by atoms with Gasteiger partial charge in [-0.25, -0.2) is 0 Å². The molecule has 0 spiro atoms. The molecule has 0 aromatic rings. The summed E-state index contributed by atoms with van der Waals surface area (Å²) in [5.41, 5.74) is 0. The van der Waals surface area contributed by atoms with Crippen molar-refractivity contribution in [1.29, 1.82) is 0 Å². The van der Waals surface area contributed by atoms with Crippen molar-refractivity contribution >= 4 is 11.9 Å². The fraction of sp³-hybridized carbons (Fsp3) is 0.778. The molecule has 1 unspecified atom stereocenters. The number of nitrogens with zero attached hydrogens (tertiary/aromatic N) is 1. The molecule has 1 atom stereocenters. The molecule has 5 nitrogen and oxygen atoms in total. The van der Waals surface area contributed by atoms with Gasteiger partial charge < -0.3 is 10.4 Å². The minimum absolute atomic E-state index is 0.0138. The molecule has 0 aromatic carbocycles. The standard InChI is InChI=1S/C9H16N2O3/c1-7(9(13)14)5-11-4-2-3-10-8(12)6-11/h7H,2-6H2,1H3,(H,10,12)(H,13,14). The molecule has 1 aliphatic rings. The van der Waals surface area contributed by atoms with E-state index >= 15 is 0 Å². The Balaban J connectivity index is 2.42. The highest BCUT2D eigenvalue weighted by Crippen LogP contribution is 2.02. The van der Waals surface area contributed by atoms with Crippen LogP contribution in [-0.4, -0.2) is 48.1 Å². The molecule has 5 heteroatoms. The van der Waals surface area contributed by atoms with Crippen LogP contribution >= 0.6 is 0 Å². The van der Waals surface area contributed by atoms with Crippen molar-refractivity contribution in [3.8, 4) is 0 Å². The number of rotatable bonds is 3. The monoisotopic (exact) mass is 200 g/mol. The van der Waals surface area contributed by atoms with Gasteiger partial charge >= 0.3 is 5.97 Å². The smallest absolute Gasteiger partial charge is 0.307 e. The Morgan fingerprint density at radius 2 is 2.43 bits per heavy atom. The van der Waals surface area contributed by atoms with Crippen LogP contribution in [-0.2, 0) is 9.59 Å². The van der Waals surface area contributed by atoms with Crippen LogP contribution in [0, 0.1) is 5.92 Å². The van der Waals surface area contributed by atoms with Crippen LogP contribution in [0.3, 0.4) is 0 Å². The molecule has 2 N–H and O–H groups in total. The second-order valence-electron chi connectivity index (χ2n) is 3.68. The van der Waals surface area contributed by atoms with Crippen molar-refractivity contribution in [3.05, 3.63) is 0 Å². The van der Waals surface area contributed by atoms with Crippen LogP contribution in [0.2, 0.25) is 0 Å². The first-order chi connectivity index (χ1) is 6.59. The molecule has 14 heavy (non-hydrogen) atoms. The Bertz CT molecular complexity index is 230. The molecule has 1 aliphatic heterocycles. The Labute approximate surface area is 83.1 Å². The fourth-order valence-corrected chi connectivity index (χ4v) is 1.49. The number of hydrogen-bond acceptors (Lipinski definition) is 3. The van der Waals surface area contributed by atoms with Crippen LogP contribution < -0.4 is 5.32 Å². The van der Waals surface area contributed by atoms with E-state index in [4.69, 9.17) is 5.11 Å². The lowest BCUT2D eigenvalue weighted by Gasteiger charge is -2.20. The predicted octanol–water partition coefficient (Wildman–Crippen LogP) is -0.471. The van der Waals surface area contributed by atoms with E-state index < -0.39 is 11.9 Å². The number of carboxylic acids is 1. The SMILES string of the molecule is CC(CN1CCCNC(=O)C1)C(=O)O. The maximum Gasteiger partial charge on any atom is 0.307 e. The first-order valence-corrected chi connectivity index (χ1v) is 4.81. The molecule has 1 heterocycles. The maximum atomic E-state index is 11.1. The lowest BCUT2D eigenvalue weighted by Crippen LogP contribution is -2.37. The average molecular weight is 200 g/mol. The molecule has 0 aliphatic carbocycles. The summed E-state index contributed by atoms with van der Waals surface area (Å²) in [6, 6.07) is 0. The summed E-state index contributed by atoms with van der Waals surface area (Å²) < 4.78 is 0. The van der Waals surface area contributed by atoms with Crippen LogP contribution in [0.1, 0.15) is 13.3 Å². The van der Waals surface area contributed by atoms with Gasteiger partial charge in [-0.15, -0.1) is 0 Å². The third-order valence-corrected chi connectivity index (χ3v) is 2.29. The van der Waals surface area contributed by atoms with E-state index in [0.717, 1.165) is 13.0 Å². The summed E-state index contributed by atoms with van der Waals surface area (Å²) in [5, 5.41) is 11.5. The van der Waals surface area contributed by atoms with Gasteiger partial charge in [0.15, 0.2) is 0 Å². The summed E-state index contributed by atoms with van der Waals surface area (Å²) in [6.07, 6.45) is 0.887. The minimum atomic E-state index is -0.811. The molecule has 1 saturated heterocycles. The Kier molecular flexibility index (Phi) is 3.88. The van der Waals surface area contributed by atoms with E-state index in [-0.39, 0.29) is 5.91 Å². The summed E-state index contributed by atoms with van der Waals surface area (Å²) >= 11 is 0. The second kappa shape index (κ2) is 4.95. The number of amides is 1. The van der Waals surface area contributed by atoms with Gasteiger partial charge in [-0.2, -0.15) is 0 Å². The van der Waals surface area contributed by atoms with Gasteiger partial charge in [0.1, 0.15) is 0 Å². The summed E-state index contributed by atoms with van der Waals surface area (Å²) in [6.45, 7) is 3.90. The van der Waals surface area contributed by atoms with Gasteiger partial charge in [-0.3, -0.25) is 14.5 Å². The third-order valence-electron chi connectivity index (χ3n) is 2.29. The van der Waals surface area contributed by atoms with Gasteiger partial charge in [-0.1, -0.05) is 6.92 Å². The molecule has 1 amide bonds. The summed E-state index contributed by atoms with van der Waals surface area (Å²) in [7, 11) is 0. The van der Waals surface area contributed by atoms with Crippen molar-refractivity contribution in [3.63, 3.8) is 0 Å². The van der Waals surface area contributed by atoms with E-state index in [1.807, 2.05) is 4.90 Å². The van der Waals surface area contributed by atoms with E-state index in [0.29, 0.717) is 19.6 Å². The van der Waals surface area contributed by atoms with Crippen LogP contribution in [0.5, 0.6) is 0 Å². The van der Waals surface area contributed by atoms with Gasteiger partial charge in [-0.05, 0) is 6.42 Å². The van der Waals surface area contributed by atoms with Crippen LogP contribution in [0.25, 0.3) is 0 Å². The maximum absolute atomic E-state index is 11.1. The summed E-state index contributed by atoms with van der Waals surface area (Å²) in [4.78, 5) is 23.6. The highest BCUT2D eigenvalue weighted by molar-refractivity contribution is 5.78. The van der Waals surface area contributed by atoms with E-state index in [1.54, 1.807) is 6.92 Å². The largest absolute Gasteiger partial charge is 0.481 e. The van der Waals surface area contributed by atoms with Crippen LogP contribution in [0.15, 0.2) is 0 Å². The summed E-state index contributed by atoms with van der Waals surface area (Å²) in [5.74, 6) is -1.24. The molecule has 1 fully saturated rings. The number of nitrogens with one attached hydrogen (secondary N) is 1. The van der Waals surface area contributed by atoms with Gasteiger partial charge in [0.25, 0.3) is 0 Å². The molecule has 0 radical (unpaired) electrons. The third kappa shape index (κ3) is 3.33. The minimum Gasteiger partial charge on any atom is -0.481 e. The first-order valence-electron chi connectivity index (χ1n) is 4.81. The highest BCUT2D eigenvalue weighted by atomic mass is 16.4. The highest BCUT2D eigenvalue weighted by Gasteiger charge is 2.19. The number of carbonyl (C=O) groups is 2. The zero-order chi connectivity index (χ0) is 10.6. The Morgan fingerprint density at radius 3 is 3.07 bits per heavy atom. The molecule has 0 aromatic heterocycles. The first kappa shape index (κ1) is 11.0. The second-order valence-corrected chi connectivity index (χ2v) is 3.68. The molecule has 1 rings (SSSR count). The molecular formula is C9H16N2O3. The van der Waals surface area contributed by atoms with E-state index in [1.165, 1.54) is 0 Å². The van der Waals surface area contributed by atoms with Crippen LogP contribution in [0.4, 0.5) is 0 Å². The molecule has 0 bridgehead atoms. The number of carboxylic acid groups (broad SMARTS) is 1. The molecule has 0 saturated carbocycles. The fourth-order valence-electron chi connectivity index (χ4n) is 1.49. The van der Waals surface area contributed by atoms with Gasteiger partial charge in [0.2, 0.25) is 5.91 Å². The van der Waals surface area contributed by atoms with E-state index in [9.17, 15) is 9.59 Å². The number of aliphatic carboxylic acids is 1. The average Bonchev–Trinajstić information content (AvgIpc) is 2.29. The predicted molar refractivity (Wildman–Crippen MR) is 50.9 cm³/mol. The quantitative estimate of drug-likeness (QED) is 0.646. The molecule has 80 valence electrons. The van der Waals surface area contributed by atoms with Crippen molar-refractivity contribution in [2.75, 3.05) is 26.2 Å². The Morgan fingerprint density at radius 1 is 1.71 bits per heavy atom. The van der Waals surface area contributed by atoms with E-state index in [2.05, 4.69) is 5.32 Å². The zero-order valence-corrected chi connectivity index (χ0v) is 8.32. The normalized spacial score (nSPS) is 21.1. The zero-order valence-electron chi connectivity index (χ0n) is 8.32. The van der Waals surface area contributed by atoms with Gasteiger partial charge in [0.05, 0.1) is 12.5 Å². The lowest BCUT2D eigenvalue weighted by molar-refractivity contribution is -0.142. The lowest BCUT2D eigenvalue weighted by atomic mass is 10.1.